The maximum absolute atomic E-state index is 8.49. The summed E-state index contributed by atoms with van der Waals surface area (Å²) in [6, 6.07) is 5.44. The molecular formula is C12H14Cl3NO5. The lowest BCUT2D eigenvalue weighted by Crippen LogP contribution is -2.68. The third-order valence-corrected chi connectivity index (χ3v) is 2.59. The second-order valence-electron chi connectivity index (χ2n) is 3.85. The van der Waals surface area contributed by atoms with Crippen molar-refractivity contribution < 1.29 is 38.2 Å². The van der Waals surface area contributed by atoms with Crippen molar-refractivity contribution in [3.63, 3.8) is 0 Å². The van der Waals surface area contributed by atoms with E-state index in [0.717, 1.165) is 5.56 Å². The highest BCUT2D eigenvalue weighted by molar-refractivity contribution is 6.50. The molecule has 0 unspecified atom stereocenters. The molecule has 1 rings (SSSR count). The maximum atomic E-state index is 8.49. The molecule has 0 fully saturated rings. The molecule has 0 bridgehead atoms. The molecule has 0 N–H and O–H groups in total. The number of benzene rings is 1. The number of halogens is 3. The normalized spacial score (nSPS) is 11.4. The zero-order valence-electron chi connectivity index (χ0n) is 11.5. The summed E-state index contributed by atoms with van der Waals surface area (Å²) < 4.78 is 40.9. The number of ether oxygens (including phenoxy) is 1. The van der Waals surface area contributed by atoms with Crippen LogP contribution in [0.3, 0.4) is 0 Å². The molecule has 0 aliphatic rings. The number of hydrogen-bond donors (Lipinski definition) is 0. The molecule has 21 heavy (non-hydrogen) atoms. The van der Waals surface area contributed by atoms with Crippen LogP contribution in [0.5, 0.6) is 5.75 Å². The lowest BCUT2D eigenvalue weighted by Gasteiger charge is -2.17. The van der Waals surface area contributed by atoms with E-state index in [1.807, 2.05) is 37.0 Å². The number of allylic oxidation sites excluding steroid dienone is 1. The van der Waals surface area contributed by atoms with E-state index < -0.39 is 10.2 Å². The Kier molecular flexibility index (Phi) is 8.84. The Hall–Kier alpha value is -0.860. The number of methoxy groups -OCH3 is 1. The molecule has 0 aliphatic carbocycles. The van der Waals surface area contributed by atoms with Crippen molar-refractivity contribution in [3.8, 4) is 5.75 Å². The van der Waals surface area contributed by atoms with Gasteiger partial charge in [-0.05, 0) is 23.8 Å². The summed E-state index contributed by atoms with van der Waals surface area (Å²) in [5, 5.41) is 1.19. The second-order valence-corrected chi connectivity index (χ2v) is 5.42. The van der Waals surface area contributed by atoms with Crippen molar-refractivity contribution in [2.24, 2.45) is 0 Å². The minimum absolute atomic E-state index is 0.552. The summed E-state index contributed by atoms with van der Waals surface area (Å²) in [6.07, 6.45) is 3.69. The van der Waals surface area contributed by atoms with Gasteiger partial charge >= 0.3 is 0 Å². The minimum atomic E-state index is -4.94. The third kappa shape index (κ3) is 10.5. The Labute approximate surface area is 134 Å². The topological polar surface area (TPSA) is 104 Å². The van der Waals surface area contributed by atoms with Gasteiger partial charge in [0.1, 0.15) is 19.8 Å². The molecule has 118 valence electrons. The zero-order valence-corrected chi connectivity index (χ0v) is 13.8. The van der Waals surface area contributed by atoms with Gasteiger partial charge < -0.3 is 4.74 Å². The van der Waals surface area contributed by atoms with Crippen molar-refractivity contribution in [2.45, 2.75) is 0 Å². The highest BCUT2D eigenvalue weighted by Gasteiger charge is 2.04. The second kappa shape index (κ2) is 9.22. The van der Waals surface area contributed by atoms with Gasteiger partial charge in [0.25, 0.3) is 0 Å². The summed E-state index contributed by atoms with van der Waals surface area (Å²) in [5.41, 5.74) is 0.866. The van der Waals surface area contributed by atoms with Crippen molar-refractivity contribution >= 4 is 34.4 Å². The lowest BCUT2D eigenvalue weighted by molar-refractivity contribution is -2.00. The molecule has 0 saturated heterocycles. The Morgan fingerprint density at radius 2 is 1.76 bits per heavy atom. The number of hydrogen-bond acceptors (Lipinski definition) is 5. The maximum Gasteiger partial charge on any atom is 0.164 e. The van der Waals surface area contributed by atoms with Crippen LogP contribution in [0, 0.1) is 10.2 Å². The molecule has 0 amide bonds. The fourth-order valence-electron chi connectivity index (χ4n) is 1.13. The summed E-state index contributed by atoms with van der Waals surface area (Å²) in [4.78, 5) is 0. The van der Waals surface area contributed by atoms with Crippen LogP contribution in [-0.4, -0.2) is 32.0 Å². The van der Waals surface area contributed by atoms with E-state index in [2.05, 4.69) is 0 Å². The monoisotopic (exact) mass is 357 g/mol. The summed E-state index contributed by atoms with van der Waals surface area (Å²) in [7, 11) is 0.501. The Morgan fingerprint density at radius 3 is 2.14 bits per heavy atom. The molecular weight excluding hydrogens is 344 g/mol. The van der Waals surface area contributed by atoms with E-state index >= 15 is 0 Å². The molecule has 9 heteroatoms. The number of nitrogens with zero attached hydrogens (tertiary/aromatic N) is 1. The van der Waals surface area contributed by atoms with Crippen molar-refractivity contribution in [2.75, 3.05) is 21.2 Å². The van der Waals surface area contributed by atoms with Crippen LogP contribution in [0.4, 0.5) is 0 Å². The largest absolute Gasteiger partial charge is 0.495 e. The van der Waals surface area contributed by atoms with E-state index in [1.54, 1.807) is 19.2 Å². The molecule has 1 aromatic rings. The van der Waals surface area contributed by atoms with Gasteiger partial charge in [0, 0.05) is 6.08 Å². The molecule has 0 spiro atoms. The molecule has 0 saturated carbocycles. The van der Waals surface area contributed by atoms with E-state index in [0.29, 0.717) is 15.8 Å². The van der Waals surface area contributed by atoms with Gasteiger partial charge in [-0.3, -0.25) is 0 Å². The average molecular weight is 359 g/mol. The predicted molar refractivity (Wildman–Crippen MR) is 70.0 cm³/mol. The predicted octanol–water partition coefficient (Wildman–Crippen LogP) is -1.48. The highest BCUT2D eigenvalue weighted by atomic mass is 35.7. The first kappa shape index (κ1) is 20.1. The molecule has 0 atom stereocenters. The summed E-state index contributed by atoms with van der Waals surface area (Å²) >= 11 is 12.1. The number of rotatable bonds is 3. The molecule has 0 radical (unpaired) electrons. The first-order valence-corrected chi connectivity index (χ1v) is 7.36. The van der Waals surface area contributed by atoms with Crippen LogP contribution in [0.25, 0.3) is 5.03 Å². The van der Waals surface area contributed by atoms with Gasteiger partial charge in [-0.25, -0.2) is 23.2 Å². The molecule has 1 aromatic carbocycles. The Bertz CT molecular complexity index is 516. The average Bonchev–Trinajstić information content (AvgIpc) is 2.33. The fourth-order valence-corrected chi connectivity index (χ4v) is 1.56. The van der Waals surface area contributed by atoms with Crippen LogP contribution in [0.1, 0.15) is 5.56 Å². The van der Waals surface area contributed by atoms with Crippen molar-refractivity contribution in [3.05, 3.63) is 34.9 Å². The highest BCUT2D eigenvalue weighted by Crippen LogP contribution is 2.29. The van der Waals surface area contributed by atoms with Crippen LogP contribution >= 0.6 is 23.2 Å². The van der Waals surface area contributed by atoms with E-state index in [9.17, 15) is 0 Å². The molecule has 0 heterocycles. The van der Waals surface area contributed by atoms with Crippen LogP contribution in [0.15, 0.2) is 24.3 Å². The smallest absolute Gasteiger partial charge is 0.164 e. The Balaban J connectivity index is 0.000000690. The SMILES string of the molecule is COc1ccc(/C(Cl)=C/C=[N+](C)C)cc1Cl.[O-][Cl+3]([O-])([O-])[O-]. The van der Waals surface area contributed by atoms with Crippen molar-refractivity contribution in [1.29, 1.82) is 0 Å². The van der Waals surface area contributed by atoms with E-state index in [1.165, 1.54) is 0 Å². The molecule has 6 nitrogen and oxygen atoms in total. The zero-order chi connectivity index (χ0) is 16.6. The third-order valence-electron chi connectivity index (χ3n) is 1.95. The fraction of sp³-hybridized carbons (Fsp3) is 0.250. The molecule has 0 aromatic heterocycles. The van der Waals surface area contributed by atoms with Gasteiger partial charge in [0.15, 0.2) is 6.21 Å². The van der Waals surface area contributed by atoms with Gasteiger partial charge in [0.05, 0.1) is 17.2 Å². The first-order valence-electron chi connectivity index (χ1n) is 5.37. The minimum Gasteiger partial charge on any atom is -0.495 e. The standard InChI is InChI=1S/C12H14Cl2NO.ClHO4/c1-15(2)7-6-10(13)9-4-5-12(16-3)11(14)8-9;2-1(3,4)5/h4-8H,1-3H3;(H,2,3,4,5)/q+1;/p-1/b10-6-;. The van der Waals surface area contributed by atoms with Crippen molar-refractivity contribution in [1.82, 2.24) is 0 Å². The van der Waals surface area contributed by atoms with Crippen LogP contribution in [-0.2, 0) is 0 Å². The summed E-state index contributed by atoms with van der Waals surface area (Å²) in [5.74, 6) is 0.645. The van der Waals surface area contributed by atoms with E-state index in [-0.39, 0.29) is 0 Å². The summed E-state index contributed by atoms with van der Waals surface area (Å²) in [6.45, 7) is 0. The van der Waals surface area contributed by atoms with Gasteiger partial charge in [-0.2, -0.15) is 0 Å². The van der Waals surface area contributed by atoms with Crippen LogP contribution in [0.2, 0.25) is 5.02 Å². The quantitative estimate of drug-likeness (QED) is 0.484. The van der Waals surface area contributed by atoms with Crippen LogP contribution < -0.4 is 23.4 Å². The van der Waals surface area contributed by atoms with Gasteiger partial charge in [0.2, 0.25) is 0 Å². The Morgan fingerprint density at radius 1 is 1.24 bits per heavy atom. The van der Waals surface area contributed by atoms with Gasteiger partial charge in [-0.15, -0.1) is 10.2 Å². The van der Waals surface area contributed by atoms with Gasteiger partial charge in [-0.1, -0.05) is 23.2 Å². The molecule has 0 aliphatic heterocycles. The lowest BCUT2D eigenvalue weighted by atomic mass is 10.2. The first-order chi connectivity index (χ1) is 9.54. The van der Waals surface area contributed by atoms with E-state index in [4.69, 9.17) is 46.6 Å².